The summed E-state index contributed by atoms with van der Waals surface area (Å²) in [5.74, 6) is -1.85. The molecule has 0 saturated heterocycles. The summed E-state index contributed by atoms with van der Waals surface area (Å²) in [6.45, 7) is 2.49. The number of rotatable bonds is 5. The van der Waals surface area contributed by atoms with Crippen molar-refractivity contribution in [2.45, 2.75) is 32.3 Å². The Hall–Kier alpha value is -3.24. The Kier molecular flexibility index (Phi) is 6.63. The summed E-state index contributed by atoms with van der Waals surface area (Å²) in [7, 11) is 0. The SMILES string of the molecule is CC(=O)Nc1ccc(NC(=O)C(C)Oc2cc(C(F)(F)F)cc(C(F)(F)F)c2)cc1. The van der Waals surface area contributed by atoms with Crippen LogP contribution in [0.1, 0.15) is 25.0 Å². The Balaban J connectivity index is 2.15. The van der Waals surface area contributed by atoms with Crippen LogP contribution in [-0.2, 0) is 21.9 Å². The molecule has 162 valence electrons. The molecule has 11 heteroatoms. The van der Waals surface area contributed by atoms with E-state index in [9.17, 15) is 35.9 Å². The maximum absolute atomic E-state index is 12.9. The number of hydrogen-bond acceptors (Lipinski definition) is 3. The molecule has 2 N–H and O–H groups in total. The van der Waals surface area contributed by atoms with Crippen molar-refractivity contribution in [1.82, 2.24) is 0 Å². The molecule has 0 aliphatic carbocycles. The summed E-state index contributed by atoms with van der Waals surface area (Å²) in [4.78, 5) is 23.2. The fraction of sp³-hybridized carbons (Fsp3) is 0.263. The van der Waals surface area contributed by atoms with E-state index < -0.39 is 41.2 Å². The molecule has 0 spiro atoms. The molecule has 1 atom stereocenters. The molecule has 5 nitrogen and oxygen atoms in total. The quantitative estimate of drug-likeness (QED) is 0.645. The maximum atomic E-state index is 12.9. The monoisotopic (exact) mass is 434 g/mol. The van der Waals surface area contributed by atoms with Gasteiger partial charge in [0.1, 0.15) is 5.75 Å². The molecule has 2 aromatic rings. The van der Waals surface area contributed by atoms with E-state index in [1.807, 2.05) is 0 Å². The molecule has 0 aliphatic rings. The lowest BCUT2D eigenvalue weighted by atomic mass is 10.1. The molecule has 0 saturated carbocycles. The van der Waals surface area contributed by atoms with Gasteiger partial charge in [0.2, 0.25) is 5.91 Å². The van der Waals surface area contributed by atoms with Gasteiger partial charge in [-0.25, -0.2) is 0 Å². The third-order valence-corrected chi connectivity index (χ3v) is 3.72. The van der Waals surface area contributed by atoms with E-state index in [-0.39, 0.29) is 17.7 Å². The summed E-state index contributed by atoms with van der Waals surface area (Å²) in [5.41, 5.74) is -2.35. The minimum Gasteiger partial charge on any atom is -0.481 e. The number of ether oxygens (including phenoxy) is 1. The molecule has 0 radical (unpaired) electrons. The highest BCUT2D eigenvalue weighted by Gasteiger charge is 2.37. The molecule has 0 aromatic heterocycles. The lowest BCUT2D eigenvalue weighted by molar-refractivity contribution is -0.143. The van der Waals surface area contributed by atoms with Crippen molar-refractivity contribution < 1.29 is 40.7 Å². The maximum Gasteiger partial charge on any atom is 0.416 e. The van der Waals surface area contributed by atoms with Crippen molar-refractivity contribution >= 4 is 23.2 Å². The molecule has 0 aliphatic heterocycles. The number of nitrogens with one attached hydrogen (secondary N) is 2. The first-order valence-electron chi connectivity index (χ1n) is 8.40. The van der Waals surface area contributed by atoms with E-state index >= 15 is 0 Å². The Morgan fingerprint density at radius 3 is 1.67 bits per heavy atom. The van der Waals surface area contributed by atoms with Crippen LogP contribution in [0.3, 0.4) is 0 Å². The zero-order chi connectivity index (χ0) is 22.7. The molecule has 2 aromatic carbocycles. The Bertz CT molecular complexity index is 891. The van der Waals surface area contributed by atoms with E-state index in [1.54, 1.807) is 0 Å². The van der Waals surface area contributed by atoms with Crippen LogP contribution in [0.4, 0.5) is 37.7 Å². The molecule has 30 heavy (non-hydrogen) atoms. The second-order valence-corrected chi connectivity index (χ2v) is 6.25. The molecule has 0 heterocycles. The largest absolute Gasteiger partial charge is 0.481 e. The lowest BCUT2D eigenvalue weighted by Crippen LogP contribution is -2.30. The number of hydrogen-bond donors (Lipinski definition) is 2. The Morgan fingerprint density at radius 1 is 0.833 bits per heavy atom. The van der Waals surface area contributed by atoms with Crippen molar-refractivity contribution in [2.75, 3.05) is 10.6 Å². The molecular weight excluding hydrogens is 418 g/mol. The topological polar surface area (TPSA) is 67.4 Å². The van der Waals surface area contributed by atoms with Gasteiger partial charge in [-0.05, 0) is 49.4 Å². The number of anilines is 2. The zero-order valence-electron chi connectivity index (χ0n) is 15.6. The van der Waals surface area contributed by atoms with E-state index in [2.05, 4.69) is 10.6 Å². The van der Waals surface area contributed by atoms with Crippen molar-refractivity contribution in [2.24, 2.45) is 0 Å². The average Bonchev–Trinajstić information content (AvgIpc) is 2.61. The number of alkyl halides is 6. The lowest BCUT2D eigenvalue weighted by Gasteiger charge is -2.18. The van der Waals surface area contributed by atoms with Crippen LogP contribution in [0, 0.1) is 0 Å². The van der Waals surface area contributed by atoms with Gasteiger partial charge in [-0.15, -0.1) is 0 Å². The molecule has 2 rings (SSSR count). The fourth-order valence-electron chi connectivity index (χ4n) is 2.34. The third-order valence-electron chi connectivity index (χ3n) is 3.72. The number of benzene rings is 2. The van der Waals surface area contributed by atoms with Crippen LogP contribution < -0.4 is 15.4 Å². The minimum absolute atomic E-state index is 0.0335. The predicted octanol–water partition coefficient (Wildman–Crippen LogP) is 5.09. The standard InChI is InChI=1S/C19H16F6N2O3/c1-10(17(29)27-15-5-3-14(4-6-15)26-11(2)28)30-16-8-12(18(20,21)22)7-13(9-16)19(23,24)25/h3-10H,1-2H3,(H,26,28)(H,27,29). The van der Waals surface area contributed by atoms with Crippen LogP contribution in [0.25, 0.3) is 0 Å². The first-order chi connectivity index (χ1) is 13.8. The fourth-order valence-corrected chi connectivity index (χ4v) is 2.34. The molecule has 0 bridgehead atoms. The molecule has 1 unspecified atom stereocenters. The van der Waals surface area contributed by atoms with Gasteiger partial charge in [0.15, 0.2) is 6.10 Å². The van der Waals surface area contributed by atoms with Crippen LogP contribution in [-0.4, -0.2) is 17.9 Å². The molecular formula is C19H16F6N2O3. The third kappa shape index (κ3) is 6.39. The van der Waals surface area contributed by atoms with Gasteiger partial charge < -0.3 is 15.4 Å². The van der Waals surface area contributed by atoms with Gasteiger partial charge in [0.05, 0.1) is 11.1 Å². The number of halogens is 6. The first kappa shape index (κ1) is 23.0. The van der Waals surface area contributed by atoms with Gasteiger partial charge in [0, 0.05) is 18.3 Å². The van der Waals surface area contributed by atoms with E-state index in [4.69, 9.17) is 4.74 Å². The highest BCUT2D eigenvalue weighted by molar-refractivity contribution is 5.94. The van der Waals surface area contributed by atoms with E-state index in [0.717, 1.165) is 0 Å². The Labute approximate surface area is 167 Å². The minimum atomic E-state index is -5.03. The highest BCUT2D eigenvalue weighted by atomic mass is 19.4. The summed E-state index contributed by atoms with van der Waals surface area (Å²) in [6.07, 6.45) is -11.5. The molecule has 2 amide bonds. The van der Waals surface area contributed by atoms with Crippen molar-refractivity contribution in [1.29, 1.82) is 0 Å². The van der Waals surface area contributed by atoms with Gasteiger partial charge in [-0.2, -0.15) is 26.3 Å². The summed E-state index contributed by atoms with van der Waals surface area (Å²) in [6, 6.07) is 6.62. The number of carbonyl (C=O) groups excluding carboxylic acids is 2. The second kappa shape index (κ2) is 8.64. The van der Waals surface area contributed by atoms with Crippen LogP contribution in [0.15, 0.2) is 42.5 Å². The highest BCUT2D eigenvalue weighted by Crippen LogP contribution is 2.38. The number of carbonyl (C=O) groups is 2. The molecule has 0 fully saturated rings. The summed E-state index contributed by atoms with van der Waals surface area (Å²) < 4.78 is 82.4. The van der Waals surface area contributed by atoms with Crippen LogP contribution in [0.2, 0.25) is 0 Å². The summed E-state index contributed by atoms with van der Waals surface area (Å²) in [5, 5.41) is 4.93. The predicted molar refractivity (Wildman–Crippen MR) is 95.9 cm³/mol. The van der Waals surface area contributed by atoms with Gasteiger partial charge >= 0.3 is 12.4 Å². The van der Waals surface area contributed by atoms with Crippen LogP contribution in [0.5, 0.6) is 5.75 Å². The average molecular weight is 434 g/mol. The van der Waals surface area contributed by atoms with Gasteiger partial charge in [-0.3, -0.25) is 9.59 Å². The van der Waals surface area contributed by atoms with Gasteiger partial charge in [-0.1, -0.05) is 0 Å². The smallest absolute Gasteiger partial charge is 0.416 e. The van der Waals surface area contributed by atoms with Crippen molar-refractivity contribution in [3.05, 3.63) is 53.6 Å². The van der Waals surface area contributed by atoms with Crippen molar-refractivity contribution in [3.8, 4) is 5.75 Å². The van der Waals surface area contributed by atoms with Gasteiger partial charge in [0.25, 0.3) is 5.91 Å². The normalized spacial score (nSPS) is 12.8. The first-order valence-corrected chi connectivity index (χ1v) is 8.40. The summed E-state index contributed by atoms with van der Waals surface area (Å²) >= 11 is 0. The zero-order valence-corrected chi connectivity index (χ0v) is 15.6. The number of amides is 2. The van der Waals surface area contributed by atoms with E-state index in [1.165, 1.54) is 38.1 Å². The van der Waals surface area contributed by atoms with Crippen molar-refractivity contribution in [3.63, 3.8) is 0 Å². The van der Waals surface area contributed by atoms with Crippen LogP contribution >= 0.6 is 0 Å². The second-order valence-electron chi connectivity index (χ2n) is 6.25. The van der Waals surface area contributed by atoms with E-state index in [0.29, 0.717) is 17.8 Å². The Morgan fingerprint density at radius 2 is 1.27 bits per heavy atom.